The van der Waals surface area contributed by atoms with E-state index < -0.39 is 11.5 Å². The molecule has 0 aliphatic heterocycles. The minimum Gasteiger partial charge on any atom is -0.481 e. The summed E-state index contributed by atoms with van der Waals surface area (Å²) >= 11 is 0. The number of hydrogen-bond acceptors (Lipinski definition) is 3. The maximum absolute atomic E-state index is 12.3. The molecule has 2 N–H and O–H groups in total. The van der Waals surface area contributed by atoms with Gasteiger partial charge < -0.3 is 20.1 Å². The Kier molecular flexibility index (Phi) is 6.01. The van der Waals surface area contributed by atoms with Gasteiger partial charge in [0.1, 0.15) is 0 Å². The topological polar surface area (TPSA) is 78.9 Å². The van der Waals surface area contributed by atoms with Crippen LogP contribution < -0.4 is 5.32 Å². The molecule has 21 heavy (non-hydrogen) atoms. The number of carboxylic acids is 1. The monoisotopic (exact) mass is 300 g/mol. The first-order chi connectivity index (χ1) is 9.70. The number of methoxy groups -OCH3 is 1. The molecule has 0 bridgehead atoms. The van der Waals surface area contributed by atoms with Gasteiger partial charge in [0.2, 0.25) is 0 Å². The van der Waals surface area contributed by atoms with Crippen LogP contribution in [0.25, 0.3) is 0 Å². The second-order valence-electron chi connectivity index (χ2n) is 6.87. The minimum absolute atomic E-state index is 0.0422. The highest BCUT2D eigenvalue weighted by molar-refractivity contribution is 5.76. The van der Waals surface area contributed by atoms with E-state index in [0.717, 1.165) is 19.3 Å². The Bertz CT molecular complexity index is 372. The summed E-state index contributed by atoms with van der Waals surface area (Å²) in [7, 11) is 1.68. The van der Waals surface area contributed by atoms with Gasteiger partial charge in [-0.1, -0.05) is 0 Å². The Balaban J connectivity index is 2.51. The number of nitrogens with one attached hydrogen (secondary N) is 1. The summed E-state index contributed by atoms with van der Waals surface area (Å²) in [6.07, 6.45) is 3.14. The van der Waals surface area contributed by atoms with Gasteiger partial charge in [-0.2, -0.15) is 0 Å². The Hall–Kier alpha value is -1.30. The second-order valence-corrected chi connectivity index (χ2v) is 6.87. The van der Waals surface area contributed by atoms with E-state index >= 15 is 0 Å². The van der Waals surface area contributed by atoms with Crippen molar-refractivity contribution in [2.75, 3.05) is 26.8 Å². The highest BCUT2D eigenvalue weighted by Crippen LogP contribution is 2.48. The molecule has 0 spiro atoms. The number of amides is 2. The van der Waals surface area contributed by atoms with Crippen LogP contribution in [0.3, 0.4) is 0 Å². The smallest absolute Gasteiger partial charge is 0.317 e. The maximum atomic E-state index is 12.3. The van der Waals surface area contributed by atoms with Crippen LogP contribution in [-0.4, -0.2) is 54.4 Å². The van der Waals surface area contributed by atoms with E-state index in [4.69, 9.17) is 9.84 Å². The lowest BCUT2D eigenvalue weighted by atomic mass is 10.0. The highest BCUT2D eigenvalue weighted by Gasteiger charge is 2.42. The molecule has 1 aliphatic carbocycles. The molecule has 0 aromatic rings. The zero-order chi connectivity index (χ0) is 16.1. The summed E-state index contributed by atoms with van der Waals surface area (Å²) in [4.78, 5) is 24.7. The minimum atomic E-state index is -0.893. The molecule has 2 amide bonds. The fourth-order valence-corrected chi connectivity index (χ4v) is 2.32. The van der Waals surface area contributed by atoms with Crippen LogP contribution in [0, 0.1) is 5.41 Å². The van der Waals surface area contributed by atoms with E-state index in [-0.39, 0.29) is 24.4 Å². The van der Waals surface area contributed by atoms with Gasteiger partial charge in [-0.05, 0) is 45.4 Å². The van der Waals surface area contributed by atoms with Gasteiger partial charge in [-0.25, -0.2) is 4.79 Å². The van der Waals surface area contributed by atoms with Crippen molar-refractivity contribution in [3.8, 4) is 0 Å². The Morgan fingerprint density at radius 1 is 1.33 bits per heavy atom. The van der Waals surface area contributed by atoms with E-state index in [1.807, 2.05) is 20.8 Å². The van der Waals surface area contributed by atoms with Crippen molar-refractivity contribution in [2.24, 2.45) is 5.41 Å². The van der Waals surface area contributed by atoms with Crippen LogP contribution in [0.15, 0.2) is 0 Å². The van der Waals surface area contributed by atoms with Crippen molar-refractivity contribution in [1.82, 2.24) is 10.2 Å². The molecule has 0 aromatic heterocycles. The van der Waals surface area contributed by atoms with Crippen LogP contribution in [0.5, 0.6) is 0 Å². The predicted molar refractivity (Wildman–Crippen MR) is 80.3 cm³/mol. The molecule has 0 radical (unpaired) electrons. The lowest BCUT2D eigenvalue weighted by molar-refractivity contribution is -0.137. The van der Waals surface area contributed by atoms with Gasteiger partial charge in [0.05, 0.1) is 6.42 Å². The molecule has 6 nitrogen and oxygen atoms in total. The van der Waals surface area contributed by atoms with E-state index in [1.165, 1.54) is 0 Å². The molecule has 0 atom stereocenters. The van der Waals surface area contributed by atoms with Crippen molar-refractivity contribution in [1.29, 1.82) is 0 Å². The number of carboxylic acid groups (broad SMARTS) is 1. The van der Waals surface area contributed by atoms with Gasteiger partial charge in [-0.3, -0.25) is 4.79 Å². The number of urea groups is 1. The number of aliphatic carboxylic acids is 1. The summed E-state index contributed by atoms with van der Waals surface area (Å²) in [6.45, 7) is 7.28. The van der Waals surface area contributed by atoms with E-state index in [9.17, 15) is 9.59 Å². The number of carbonyl (C=O) groups is 2. The standard InChI is InChI=1S/C15H28N2O4/c1-14(2,3)17(9-5-12(18)19)13(20)16-11-15(6-7-15)8-10-21-4/h5-11H2,1-4H3,(H,16,20)(H,18,19). The first kappa shape index (κ1) is 17.8. The summed E-state index contributed by atoms with van der Waals surface area (Å²) in [5.74, 6) is -0.893. The number of hydrogen-bond donors (Lipinski definition) is 2. The van der Waals surface area contributed by atoms with Crippen molar-refractivity contribution < 1.29 is 19.4 Å². The van der Waals surface area contributed by atoms with Crippen LogP contribution in [0.1, 0.15) is 46.5 Å². The summed E-state index contributed by atoms with van der Waals surface area (Å²) < 4.78 is 5.10. The van der Waals surface area contributed by atoms with Crippen LogP contribution in [0.2, 0.25) is 0 Å². The Labute approximate surface area is 126 Å². The number of ether oxygens (including phenoxy) is 1. The number of rotatable bonds is 8. The fourth-order valence-electron chi connectivity index (χ4n) is 2.32. The molecule has 0 saturated heterocycles. The quantitative estimate of drug-likeness (QED) is 0.719. The number of nitrogens with zero attached hydrogens (tertiary/aromatic N) is 1. The van der Waals surface area contributed by atoms with E-state index in [2.05, 4.69) is 5.32 Å². The third-order valence-corrected chi connectivity index (χ3v) is 4.01. The Morgan fingerprint density at radius 3 is 2.38 bits per heavy atom. The van der Waals surface area contributed by atoms with Crippen LogP contribution >= 0.6 is 0 Å². The molecule has 0 heterocycles. The van der Waals surface area contributed by atoms with Gasteiger partial charge in [0, 0.05) is 32.3 Å². The van der Waals surface area contributed by atoms with Gasteiger partial charge in [-0.15, -0.1) is 0 Å². The maximum Gasteiger partial charge on any atom is 0.317 e. The van der Waals surface area contributed by atoms with Gasteiger partial charge >= 0.3 is 12.0 Å². The van der Waals surface area contributed by atoms with Crippen molar-refractivity contribution >= 4 is 12.0 Å². The lowest BCUT2D eigenvalue weighted by Crippen LogP contribution is -2.52. The van der Waals surface area contributed by atoms with Crippen molar-refractivity contribution in [2.45, 2.75) is 52.0 Å². The summed E-state index contributed by atoms with van der Waals surface area (Å²) in [5.41, 5.74) is -0.217. The van der Waals surface area contributed by atoms with E-state index in [1.54, 1.807) is 12.0 Å². The first-order valence-electron chi connectivity index (χ1n) is 7.46. The normalized spacial score (nSPS) is 16.4. The van der Waals surface area contributed by atoms with Gasteiger partial charge in [0.15, 0.2) is 0 Å². The first-order valence-corrected chi connectivity index (χ1v) is 7.46. The van der Waals surface area contributed by atoms with Gasteiger partial charge in [0.25, 0.3) is 0 Å². The zero-order valence-electron chi connectivity index (χ0n) is 13.6. The van der Waals surface area contributed by atoms with Crippen LogP contribution in [0.4, 0.5) is 4.79 Å². The zero-order valence-corrected chi connectivity index (χ0v) is 13.6. The van der Waals surface area contributed by atoms with Crippen molar-refractivity contribution in [3.05, 3.63) is 0 Å². The molecule has 122 valence electrons. The average molecular weight is 300 g/mol. The molecule has 1 rings (SSSR count). The third kappa shape index (κ3) is 5.91. The molecule has 1 saturated carbocycles. The Morgan fingerprint density at radius 2 is 1.95 bits per heavy atom. The predicted octanol–water partition coefficient (Wildman–Crippen LogP) is 2.09. The lowest BCUT2D eigenvalue weighted by Gasteiger charge is -2.35. The van der Waals surface area contributed by atoms with Crippen LogP contribution in [-0.2, 0) is 9.53 Å². The molecular weight excluding hydrogens is 272 g/mol. The largest absolute Gasteiger partial charge is 0.481 e. The fraction of sp³-hybridized carbons (Fsp3) is 0.867. The SMILES string of the molecule is COCCC1(CNC(=O)N(CCC(=O)O)C(C)(C)C)CC1. The molecule has 1 aliphatic rings. The average Bonchev–Trinajstić information content (AvgIpc) is 3.13. The molecular formula is C15H28N2O4. The van der Waals surface area contributed by atoms with Crippen molar-refractivity contribution in [3.63, 3.8) is 0 Å². The summed E-state index contributed by atoms with van der Waals surface area (Å²) in [5, 5.41) is 11.8. The highest BCUT2D eigenvalue weighted by atomic mass is 16.5. The molecule has 0 aromatic carbocycles. The summed E-state index contributed by atoms with van der Waals surface area (Å²) in [6, 6.07) is -0.188. The molecule has 0 unspecified atom stereocenters. The second kappa shape index (κ2) is 7.11. The molecule has 1 fully saturated rings. The third-order valence-electron chi connectivity index (χ3n) is 4.01. The van der Waals surface area contributed by atoms with E-state index in [0.29, 0.717) is 13.2 Å². The molecule has 6 heteroatoms. The number of carbonyl (C=O) groups excluding carboxylic acids is 1.